The highest BCUT2D eigenvalue weighted by molar-refractivity contribution is 7.90. The number of aromatic nitrogens is 2. The summed E-state index contributed by atoms with van der Waals surface area (Å²) >= 11 is 0. The first-order valence-corrected chi connectivity index (χ1v) is 19.7. The number of carbonyl (C=O) groups excluding carboxylic acids is 3. The summed E-state index contributed by atoms with van der Waals surface area (Å²) in [5.74, 6) is -0.931. The number of likely N-dealkylation sites (tertiary alicyclic amines) is 1. The van der Waals surface area contributed by atoms with E-state index in [0.29, 0.717) is 34.8 Å². The largest absolute Gasteiger partial charge is 0.497 e. The lowest BCUT2D eigenvalue weighted by Crippen LogP contribution is -2.56. The van der Waals surface area contributed by atoms with E-state index < -0.39 is 45.4 Å². The molecule has 0 radical (unpaired) electrons. The van der Waals surface area contributed by atoms with Crippen LogP contribution in [0.2, 0.25) is 0 Å². The number of ether oxygens (including phenoxy) is 2. The number of aryl methyl sites for hydroxylation is 1. The van der Waals surface area contributed by atoms with Crippen molar-refractivity contribution >= 4 is 49.6 Å². The van der Waals surface area contributed by atoms with E-state index in [9.17, 15) is 22.8 Å². The van der Waals surface area contributed by atoms with Crippen molar-refractivity contribution < 1.29 is 32.3 Å². The zero-order valence-electron chi connectivity index (χ0n) is 30.0. The number of pyridine rings is 1. The van der Waals surface area contributed by atoms with Gasteiger partial charge in [0.25, 0.3) is 15.9 Å². The molecule has 2 aliphatic heterocycles. The van der Waals surface area contributed by atoms with Gasteiger partial charge in [0.05, 0.1) is 30.4 Å². The number of carbonyl (C=O) groups is 3. The van der Waals surface area contributed by atoms with Gasteiger partial charge in [-0.05, 0) is 49.9 Å². The summed E-state index contributed by atoms with van der Waals surface area (Å²) in [6, 6.07) is 23.0. The molecule has 3 aromatic carbocycles. The molecule has 0 bridgehead atoms. The Balaban J connectivity index is 1.07. The first kappa shape index (κ1) is 35.3. The average Bonchev–Trinajstić information content (AvgIpc) is 3.46. The Morgan fingerprint density at radius 1 is 1.02 bits per heavy atom. The molecule has 1 saturated carbocycles. The molecule has 3 amide bonds. The molecular formula is C41H41N5O7S. The van der Waals surface area contributed by atoms with Crippen molar-refractivity contribution in [1.82, 2.24) is 24.5 Å². The van der Waals surface area contributed by atoms with Gasteiger partial charge < -0.3 is 24.3 Å². The van der Waals surface area contributed by atoms with Gasteiger partial charge in [0.2, 0.25) is 11.8 Å². The number of benzene rings is 3. The predicted octanol–water partition coefficient (Wildman–Crippen LogP) is 5.35. The molecule has 5 aromatic rings. The lowest BCUT2D eigenvalue weighted by atomic mass is 10.1. The van der Waals surface area contributed by atoms with Crippen LogP contribution in [0.1, 0.15) is 39.0 Å². The smallest absolute Gasteiger partial charge is 0.266 e. The highest BCUT2D eigenvalue weighted by Gasteiger charge is 2.61. The summed E-state index contributed by atoms with van der Waals surface area (Å²) in [6.45, 7) is 2.16. The molecule has 2 aromatic heterocycles. The number of rotatable bonds is 6. The van der Waals surface area contributed by atoms with E-state index in [-0.39, 0.29) is 30.2 Å². The Hall–Kier alpha value is -5.69. The number of methoxy groups -OCH3 is 1. The highest BCUT2D eigenvalue weighted by Crippen LogP contribution is 2.46. The number of hydrogen-bond donors (Lipinski definition) is 2. The molecule has 13 heteroatoms. The number of amides is 3. The van der Waals surface area contributed by atoms with E-state index in [1.165, 1.54) is 17.9 Å². The highest BCUT2D eigenvalue weighted by atomic mass is 32.2. The number of nitrogens with zero attached hydrogens (tertiary/aromatic N) is 3. The average molecular weight is 748 g/mol. The molecule has 2 fully saturated rings. The molecule has 12 nitrogen and oxygen atoms in total. The summed E-state index contributed by atoms with van der Waals surface area (Å²) in [5, 5.41) is 4.41. The van der Waals surface area contributed by atoms with Crippen LogP contribution in [0.4, 0.5) is 0 Å². The van der Waals surface area contributed by atoms with Gasteiger partial charge in [-0.2, -0.15) is 0 Å². The van der Waals surface area contributed by atoms with Crippen molar-refractivity contribution in [3.63, 3.8) is 0 Å². The second-order valence-electron chi connectivity index (χ2n) is 14.3. The van der Waals surface area contributed by atoms with Crippen molar-refractivity contribution in [1.29, 1.82) is 0 Å². The van der Waals surface area contributed by atoms with E-state index in [2.05, 4.69) is 10.0 Å². The molecule has 278 valence electrons. The van der Waals surface area contributed by atoms with Crippen LogP contribution < -0.4 is 19.5 Å². The third-order valence-corrected chi connectivity index (χ3v) is 12.1. The van der Waals surface area contributed by atoms with Crippen LogP contribution in [0.3, 0.4) is 0 Å². The third kappa shape index (κ3) is 6.57. The Bertz CT molecular complexity index is 2430. The molecule has 0 unspecified atom stereocenters. The minimum absolute atomic E-state index is 0.000618. The van der Waals surface area contributed by atoms with Gasteiger partial charge in [-0.1, -0.05) is 54.6 Å². The van der Waals surface area contributed by atoms with Crippen LogP contribution in [0.15, 0.2) is 102 Å². The van der Waals surface area contributed by atoms with Crippen LogP contribution in [-0.4, -0.2) is 71.9 Å². The maximum absolute atomic E-state index is 14.2. The molecule has 4 heterocycles. The van der Waals surface area contributed by atoms with E-state index in [4.69, 9.17) is 14.5 Å². The van der Waals surface area contributed by atoms with Gasteiger partial charge in [-0.15, -0.1) is 0 Å². The van der Waals surface area contributed by atoms with Crippen LogP contribution >= 0.6 is 0 Å². The first-order valence-electron chi connectivity index (χ1n) is 18.2. The predicted molar refractivity (Wildman–Crippen MR) is 203 cm³/mol. The van der Waals surface area contributed by atoms with Crippen molar-refractivity contribution in [3.8, 4) is 22.8 Å². The van der Waals surface area contributed by atoms with Crippen molar-refractivity contribution in [2.45, 2.75) is 68.2 Å². The summed E-state index contributed by atoms with van der Waals surface area (Å²) < 4.78 is 44.0. The Morgan fingerprint density at radius 2 is 1.85 bits per heavy atom. The van der Waals surface area contributed by atoms with Gasteiger partial charge >= 0.3 is 0 Å². The minimum atomic E-state index is -4.32. The molecule has 4 atom stereocenters. The molecule has 2 N–H and O–H groups in total. The van der Waals surface area contributed by atoms with Crippen LogP contribution in [-0.2, 0) is 31.0 Å². The zero-order chi connectivity index (χ0) is 37.6. The summed E-state index contributed by atoms with van der Waals surface area (Å²) in [5.41, 5.74) is 1.26. The number of nitrogens with one attached hydrogen (secondary N) is 2. The Labute approximate surface area is 313 Å². The Kier molecular flexibility index (Phi) is 9.13. The standard InChI is InChI=1S/C41H41N5O7S/c1-26(47)46-25-31(53-36-23-33(27-11-6-5-7-12-27)42-34-21-30(52-2)16-17-32(34)36)22-35(46)39(48)43-41-24-29(41)14-8-3-4-9-19-45-20-18-28-13-10-15-37(38(28)45)54(50,51)44-40(41)49/h5-8,10-18,20-21,23,29,31,35H,3-4,9,19,22,24-25H2,1-2H3,(H,43,48)(H,44,49)/b14-8-/t29-,31+,35-,41+/m0/s1. The van der Waals surface area contributed by atoms with E-state index >= 15 is 0 Å². The fourth-order valence-corrected chi connectivity index (χ4v) is 9.09. The van der Waals surface area contributed by atoms with Crippen molar-refractivity contribution in [2.75, 3.05) is 13.7 Å². The Morgan fingerprint density at radius 3 is 2.65 bits per heavy atom. The lowest BCUT2D eigenvalue weighted by molar-refractivity contribution is -0.138. The second-order valence-corrected chi connectivity index (χ2v) is 15.9. The van der Waals surface area contributed by atoms with Crippen molar-refractivity contribution in [3.05, 3.63) is 97.2 Å². The molecule has 3 aliphatic rings. The van der Waals surface area contributed by atoms with Crippen LogP contribution in [0.25, 0.3) is 33.1 Å². The van der Waals surface area contributed by atoms with Gasteiger partial charge in [0.15, 0.2) is 0 Å². The molecule has 54 heavy (non-hydrogen) atoms. The lowest BCUT2D eigenvalue weighted by Gasteiger charge is -2.25. The van der Waals surface area contributed by atoms with Gasteiger partial charge in [0.1, 0.15) is 34.1 Å². The summed E-state index contributed by atoms with van der Waals surface area (Å²) in [4.78, 5) is 47.6. The molecule has 1 aliphatic carbocycles. The monoisotopic (exact) mass is 747 g/mol. The van der Waals surface area contributed by atoms with Gasteiger partial charge in [0, 0.05) is 60.5 Å². The number of fused-ring (bicyclic) bond motifs is 2. The SMILES string of the molecule is COc1ccc2c(O[C@@H]3C[C@@H](C(=O)N[C@]45C[C@@H]4/C=C\CCCCn4ccc6cccc(c64)S(=O)(=O)NC5=O)N(C(C)=O)C3)cc(-c3ccccc3)nc2c1. The quantitative estimate of drug-likeness (QED) is 0.221. The molecular weight excluding hydrogens is 707 g/mol. The number of hydrogen-bond acceptors (Lipinski definition) is 8. The van der Waals surface area contributed by atoms with Crippen molar-refractivity contribution in [2.24, 2.45) is 5.92 Å². The number of allylic oxidation sites excluding steroid dienone is 1. The maximum Gasteiger partial charge on any atom is 0.266 e. The van der Waals surface area contributed by atoms with E-state index in [1.54, 1.807) is 13.2 Å². The third-order valence-electron chi connectivity index (χ3n) is 10.7. The van der Waals surface area contributed by atoms with Gasteiger partial charge in [-0.3, -0.25) is 14.4 Å². The fourth-order valence-electron chi connectivity index (χ4n) is 7.80. The molecule has 1 saturated heterocycles. The van der Waals surface area contributed by atoms with Gasteiger partial charge in [-0.25, -0.2) is 18.1 Å². The van der Waals surface area contributed by atoms with Crippen LogP contribution in [0.5, 0.6) is 11.5 Å². The summed E-state index contributed by atoms with van der Waals surface area (Å²) in [7, 11) is -2.73. The summed E-state index contributed by atoms with van der Waals surface area (Å²) in [6.07, 6.45) is 8.03. The fraction of sp³-hybridized carbons (Fsp3) is 0.317. The zero-order valence-corrected chi connectivity index (χ0v) is 30.8. The normalized spacial score (nSPS) is 24.2. The second kappa shape index (κ2) is 13.9. The molecule has 8 rings (SSSR count). The number of sulfonamides is 1. The number of para-hydroxylation sites is 1. The maximum atomic E-state index is 14.2. The van der Waals surface area contributed by atoms with E-state index in [1.807, 2.05) is 89.6 Å². The first-order chi connectivity index (χ1) is 26.1. The van der Waals surface area contributed by atoms with E-state index in [0.717, 1.165) is 35.6 Å². The topological polar surface area (TPSA) is 149 Å². The minimum Gasteiger partial charge on any atom is -0.497 e. The van der Waals surface area contributed by atoms with Crippen LogP contribution in [0, 0.1) is 5.92 Å². The molecule has 0 spiro atoms.